The van der Waals surface area contributed by atoms with Gasteiger partial charge in [0.05, 0.1) is 11.4 Å². The predicted octanol–water partition coefficient (Wildman–Crippen LogP) is 3.12. The van der Waals surface area contributed by atoms with Crippen LogP contribution >= 0.6 is 23.1 Å². The van der Waals surface area contributed by atoms with Crippen molar-refractivity contribution >= 4 is 39.8 Å². The van der Waals surface area contributed by atoms with Gasteiger partial charge in [0.2, 0.25) is 11.1 Å². The fraction of sp³-hybridized carbons (Fsp3) is 0.0625. The Bertz CT molecular complexity index is 1050. The van der Waals surface area contributed by atoms with Crippen molar-refractivity contribution in [2.24, 2.45) is 0 Å². The van der Waals surface area contributed by atoms with Crippen LogP contribution in [0.15, 0.2) is 53.1 Å². The van der Waals surface area contributed by atoms with E-state index in [9.17, 15) is 9.18 Å². The third-order valence-electron chi connectivity index (χ3n) is 3.39. The summed E-state index contributed by atoms with van der Waals surface area (Å²) in [7, 11) is 0. The summed E-state index contributed by atoms with van der Waals surface area (Å²) in [6.45, 7) is 0. The maximum absolute atomic E-state index is 13.1. The molecule has 0 bridgehead atoms. The first kappa shape index (κ1) is 16.6. The van der Waals surface area contributed by atoms with Crippen LogP contribution in [0, 0.1) is 5.82 Å². The van der Waals surface area contributed by atoms with Crippen LogP contribution in [0.3, 0.4) is 0 Å². The standard InChI is InChI=1S/C16H11FN6OS2/c17-11-3-1-10(2-4-11)12-5-6-13-20-21-16(23(13)22-12)26-9-14(24)19-15-18-7-8-25-15/h1-8H,9H2,(H,18,19,24). The van der Waals surface area contributed by atoms with Crippen LogP contribution < -0.4 is 5.32 Å². The first-order valence-corrected chi connectivity index (χ1v) is 9.36. The molecule has 7 nitrogen and oxygen atoms in total. The number of amides is 1. The second-order valence-corrected chi connectivity index (χ2v) is 6.99. The summed E-state index contributed by atoms with van der Waals surface area (Å²) in [4.78, 5) is 16.0. The summed E-state index contributed by atoms with van der Waals surface area (Å²) < 4.78 is 14.7. The third kappa shape index (κ3) is 3.55. The number of aromatic nitrogens is 5. The highest BCUT2D eigenvalue weighted by Gasteiger charge is 2.12. The van der Waals surface area contributed by atoms with E-state index >= 15 is 0 Å². The van der Waals surface area contributed by atoms with E-state index in [1.54, 1.807) is 40.4 Å². The van der Waals surface area contributed by atoms with Crippen molar-refractivity contribution in [3.8, 4) is 11.3 Å². The zero-order valence-electron chi connectivity index (χ0n) is 13.2. The van der Waals surface area contributed by atoms with Crippen molar-refractivity contribution in [3.05, 3.63) is 53.8 Å². The number of carbonyl (C=O) groups excluding carboxylic acids is 1. The molecule has 26 heavy (non-hydrogen) atoms. The van der Waals surface area contributed by atoms with E-state index < -0.39 is 0 Å². The van der Waals surface area contributed by atoms with Crippen LogP contribution in [-0.4, -0.2) is 36.5 Å². The van der Waals surface area contributed by atoms with E-state index in [1.165, 1.54) is 35.2 Å². The van der Waals surface area contributed by atoms with Crippen molar-refractivity contribution in [2.75, 3.05) is 11.1 Å². The lowest BCUT2D eigenvalue weighted by atomic mass is 10.1. The van der Waals surface area contributed by atoms with E-state index in [4.69, 9.17) is 0 Å². The van der Waals surface area contributed by atoms with Crippen LogP contribution in [0.1, 0.15) is 0 Å². The molecular weight excluding hydrogens is 375 g/mol. The molecule has 0 saturated carbocycles. The van der Waals surface area contributed by atoms with Crippen molar-refractivity contribution in [1.29, 1.82) is 0 Å². The molecule has 130 valence electrons. The zero-order chi connectivity index (χ0) is 17.9. The zero-order valence-corrected chi connectivity index (χ0v) is 14.8. The SMILES string of the molecule is O=C(CSc1nnc2ccc(-c3ccc(F)cc3)nn12)Nc1nccs1. The number of fused-ring (bicyclic) bond motifs is 1. The fourth-order valence-corrected chi connectivity index (χ4v) is 3.44. The average molecular weight is 386 g/mol. The van der Waals surface area contributed by atoms with Crippen LogP contribution in [0.25, 0.3) is 16.9 Å². The minimum Gasteiger partial charge on any atom is -0.301 e. The normalized spacial score (nSPS) is 11.0. The smallest absolute Gasteiger partial charge is 0.236 e. The van der Waals surface area contributed by atoms with Gasteiger partial charge in [0.1, 0.15) is 5.82 Å². The Hall–Kier alpha value is -2.85. The van der Waals surface area contributed by atoms with Gasteiger partial charge in [-0.1, -0.05) is 11.8 Å². The predicted molar refractivity (Wildman–Crippen MR) is 97.6 cm³/mol. The average Bonchev–Trinajstić information content (AvgIpc) is 3.30. The highest BCUT2D eigenvalue weighted by Crippen LogP contribution is 2.21. The van der Waals surface area contributed by atoms with Gasteiger partial charge in [-0.3, -0.25) is 4.79 Å². The summed E-state index contributed by atoms with van der Waals surface area (Å²) >= 11 is 2.58. The van der Waals surface area contributed by atoms with Gasteiger partial charge in [0.25, 0.3) is 0 Å². The lowest BCUT2D eigenvalue weighted by molar-refractivity contribution is -0.113. The molecule has 0 fully saturated rings. The number of thiazole rings is 1. The number of carbonyl (C=O) groups is 1. The maximum Gasteiger partial charge on any atom is 0.236 e. The lowest BCUT2D eigenvalue weighted by Gasteiger charge is -2.03. The van der Waals surface area contributed by atoms with Gasteiger partial charge in [-0.05, 0) is 36.4 Å². The number of halogens is 1. The minimum absolute atomic E-state index is 0.156. The van der Waals surface area contributed by atoms with Crippen molar-refractivity contribution < 1.29 is 9.18 Å². The van der Waals surface area contributed by atoms with Gasteiger partial charge < -0.3 is 5.32 Å². The molecule has 0 radical (unpaired) electrons. The first-order valence-electron chi connectivity index (χ1n) is 7.49. The quantitative estimate of drug-likeness (QED) is 0.531. The van der Waals surface area contributed by atoms with Gasteiger partial charge >= 0.3 is 0 Å². The molecule has 0 unspecified atom stereocenters. The van der Waals surface area contributed by atoms with Gasteiger partial charge in [-0.25, -0.2) is 9.37 Å². The Kier molecular flexibility index (Phi) is 4.59. The molecule has 4 rings (SSSR count). The number of hydrogen-bond acceptors (Lipinski definition) is 7. The van der Waals surface area contributed by atoms with Crippen molar-refractivity contribution in [2.45, 2.75) is 5.16 Å². The Morgan fingerprint density at radius 2 is 2.04 bits per heavy atom. The van der Waals surface area contributed by atoms with Crippen molar-refractivity contribution in [1.82, 2.24) is 24.8 Å². The maximum atomic E-state index is 13.1. The summed E-state index contributed by atoms with van der Waals surface area (Å²) in [5, 5.41) is 18.2. The molecule has 3 aromatic heterocycles. The van der Waals surface area contributed by atoms with Gasteiger partial charge in [0, 0.05) is 17.1 Å². The van der Waals surface area contributed by atoms with Crippen LogP contribution in [0.4, 0.5) is 9.52 Å². The third-order valence-corrected chi connectivity index (χ3v) is 4.99. The number of nitrogens with zero attached hydrogens (tertiary/aromatic N) is 5. The van der Waals surface area contributed by atoms with Gasteiger partial charge in [-0.2, -0.15) is 9.61 Å². The van der Waals surface area contributed by atoms with E-state index in [1.807, 2.05) is 0 Å². The van der Waals surface area contributed by atoms with Gasteiger partial charge in [0.15, 0.2) is 10.8 Å². The molecule has 0 atom stereocenters. The molecule has 4 aromatic rings. The number of rotatable bonds is 5. The molecule has 1 aromatic carbocycles. The molecule has 0 spiro atoms. The fourth-order valence-electron chi connectivity index (χ4n) is 2.20. The van der Waals surface area contributed by atoms with E-state index in [0.29, 0.717) is 21.6 Å². The monoisotopic (exact) mass is 386 g/mol. The Balaban J connectivity index is 1.53. The Labute approximate surface area is 155 Å². The van der Waals surface area contributed by atoms with E-state index in [0.717, 1.165) is 5.56 Å². The number of anilines is 1. The molecule has 0 aliphatic rings. The molecule has 0 saturated heterocycles. The summed E-state index contributed by atoms with van der Waals surface area (Å²) in [5.74, 6) is -0.332. The Morgan fingerprint density at radius 3 is 2.81 bits per heavy atom. The summed E-state index contributed by atoms with van der Waals surface area (Å²) in [5.41, 5.74) is 2.00. The summed E-state index contributed by atoms with van der Waals surface area (Å²) in [6, 6.07) is 9.64. The van der Waals surface area contributed by atoms with Crippen LogP contribution in [0.5, 0.6) is 0 Å². The summed E-state index contributed by atoms with van der Waals surface area (Å²) in [6.07, 6.45) is 1.63. The van der Waals surface area contributed by atoms with E-state index in [2.05, 4.69) is 25.6 Å². The van der Waals surface area contributed by atoms with Gasteiger partial charge in [-0.15, -0.1) is 21.5 Å². The molecule has 0 aliphatic carbocycles. The number of hydrogen-bond donors (Lipinski definition) is 1. The largest absolute Gasteiger partial charge is 0.301 e. The van der Waals surface area contributed by atoms with Crippen LogP contribution in [-0.2, 0) is 4.79 Å². The molecule has 0 aliphatic heterocycles. The van der Waals surface area contributed by atoms with Crippen LogP contribution in [0.2, 0.25) is 0 Å². The molecular formula is C16H11FN6OS2. The number of thioether (sulfide) groups is 1. The molecule has 1 amide bonds. The number of nitrogens with one attached hydrogen (secondary N) is 1. The molecule has 1 N–H and O–H groups in total. The minimum atomic E-state index is -0.304. The first-order chi connectivity index (χ1) is 12.7. The van der Waals surface area contributed by atoms with E-state index in [-0.39, 0.29) is 17.5 Å². The second kappa shape index (κ2) is 7.18. The second-order valence-electron chi connectivity index (χ2n) is 5.15. The molecule has 3 heterocycles. The number of benzene rings is 1. The topological polar surface area (TPSA) is 85.1 Å². The lowest BCUT2D eigenvalue weighted by Crippen LogP contribution is -2.14. The highest BCUT2D eigenvalue weighted by atomic mass is 32.2. The van der Waals surface area contributed by atoms with Crippen molar-refractivity contribution in [3.63, 3.8) is 0 Å². The molecule has 10 heteroatoms. The Morgan fingerprint density at radius 1 is 1.19 bits per heavy atom. The highest BCUT2D eigenvalue weighted by molar-refractivity contribution is 7.99.